The summed E-state index contributed by atoms with van der Waals surface area (Å²) in [6, 6.07) is 8.03. The smallest absolute Gasteiger partial charge is 0.241 e. The molecule has 1 atom stereocenters. The van der Waals surface area contributed by atoms with E-state index >= 15 is 0 Å². The van der Waals surface area contributed by atoms with Gasteiger partial charge in [-0.2, -0.15) is 0 Å². The number of amides is 1. The minimum atomic E-state index is -0.00360. The van der Waals surface area contributed by atoms with Crippen molar-refractivity contribution in [2.45, 2.75) is 19.4 Å². The number of carbonyl (C=O) groups is 1. The number of aromatic nitrogens is 1. The molecule has 9 heteroatoms. The molecule has 27 heavy (non-hydrogen) atoms. The molecular formula is C18H25BrIN5OS. The zero-order valence-corrected chi connectivity index (χ0v) is 20.3. The monoisotopic (exact) mass is 565 g/mol. The highest BCUT2D eigenvalue weighted by Crippen LogP contribution is 2.16. The first-order chi connectivity index (χ1) is 12.5. The topological polar surface area (TPSA) is 69.6 Å². The van der Waals surface area contributed by atoms with Gasteiger partial charge < -0.3 is 15.5 Å². The summed E-state index contributed by atoms with van der Waals surface area (Å²) in [5.41, 5.74) is 1.10. The standard InChI is InChI=1S/C18H24BrN5OS.HI/c1-13(17-20-8-9-26-17)10-21-18(23-12-16(25)24(2)3)22-11-14-4-6-15(19)7-5-14;/h4-9,13H,10-12H2,1-3H3,(H2,21,22,23);1H. The van der Waals surface area contributed by atoms with Crippen molar-refractivity contribution in [3.05, 3.63) is 50.9 Å². The Kier molecular flexibility index (Phi) is 10.9. The predicted octanol–water partition coefficient (Wildman–Crippen LogP) is 3.45. The molecule has 0 radical (unpaired) electrons. The molecule has 148 valence electrons. The van der Waals surface area contributed by atoms with Gasteiger partial charge in [-0.05, 0) is 17.7 Å². The van der Waals surface area contributed by atoms with Crippen LogP contribution in [0.1, 0.15) is 23.4 Å². The van der Waals surface area contributed by atoms with Crippen LogP contribution in [0, 0.1) is 0 Å². The Labute approximate surface area is 190 Å². The fraction of sp³-hybridized carbons (Fsp3) is 0.389. The van der Waals surface area contributed by atoms with Gasteiger partial charge in [0.05, 0.1) is 18.1 Å². The summed E-state index contributed by atoms with van der Waals surface area (Å²) < 4.78 is 1.04. The van der Waals surface area contributed by atoms with Crippen LogP contribution < -0.4 is 10.6 Å². The van der Waals surface area contributed by atoms with E-state index < -0.39 is 0 Å². The SMILES string of the molecule is CC(CNC(=NCc1ccc(Br)cc1)NCC(=O)N(C)C)c1nccs1.I. The van der Waals surface area contributed by atoms with E-state index in [1.165, 1.54) is 0 Å². The van der Waals surface area contributed by atoms with Crippen LogP contribution in [0.25, 0.3) is 0 Å². The van der Waals surface area contributed by atoms with Gasteiger partial charge in [0.1, 0.15) is 0 Å². The van der Waals surface area contributed by atoms with Gasteiger partial charge in [0.25, 0.3) is 0 Å². The van der Waals surface area contributed by atoms with Gasteiger partial charge in [0.2, 0.25) is 5.91 Å². The molecule has 2 N–H and O–H groups in total. The zero-order valence-electron chi connectivity index (χ0n) is 15.6. The van der Waals surface area contributed by atoms with Crippen molar-refractivity contribution in [3.63, 3.8) is 0 Å². The van der Waals surface area contributed by atoms with Crippen LogP contribution in [0.4, 0.5) is 0 Å². The van der Waals surface area contributed by atoms with E-state index in [1.54, 1.807) is 30.3 Å². The fourth-order valence-corrected chi connectivity index (χ4v) is 3.03. The lowest BCUT2D eigenvalue weighted by Gasteiger charge is -2.16. The Morgan fingerprint density at radius 2 is 2.00 bits per heavy atom. The van der Waals surface area contributed by atoms with Gasteiger partial charge in [-0.25, -0.2) is 9.98 Å². The van der Waals surface area contributed by atoms with Crippen molar-refractivity contribution >= 4 is 63.1 Å². The number of hydrogen-bond acceptors (Lipinski definition) is 4. The van der Waals surface area contributed by atoms with E-state index in [9.17, 15) is 4.79 Å². The molecule has 0 saturated heterocycles. The first kappa shape index (κ1) is 23.8. The average molecular weight is 566 g/mol. The molecule has 0 aliphatic rings. The number of benzene rings is 1. The van der Waals surface area contributed by atoms with Crippen LogP contribution in [-0.2, 0) is 11.3 Å². The van der Waals surface area contributed by atoms with Crippen molar-refractivity contribution in [2.75, 3.05) is 27.2 Å². The molecule has 0 fully saturated rings. The van der Waals surface area contributed by atoms with Crippen LogP contribution >= 0.6 is 51.2 Å². The molecule has 0 aliphatic heterocycles. The first-order valence-corrected chi connectivity index (χ1v) is 9.99. The summed E-state index contributed by atoms with van der Waals surface area (Å²) in [5.74, 6) is 0.877. The molecule has 1 aromatic heterocycles. The van der Waals surface area contributed by atoms with Gasteiger partial charge in [-0.15, -0.1) is 35.3 Å². The molecule has 1 heterocycles. The molecule has 2 rings (SSSR count). The molecule has 0 saturated carbocycles. The number of likely N-dealkylation sites (N-methyl/N-ethyl adjacent to an activating group) is 1. The highest BCUT2D eigenvalue weighted by molar-refractivity contribution is 14.0. The van der Waals surface area contributed by atoms with E-state index in [1.807, 2.05) is 35.8 Å². The minimum Gasteiger partial charge on any atom is -0.356 e. The van der Waals surface area contributed by atoms with Crippen LogP contribution in [0.3, 0.4) is 0 Å². The maximum Gasteiger partial charge on any atom is 0.241 e. The maximum absolute atomic E-state index is 11.9. The summed E-state index contributed by atoms with van der Waals surface area (Å²) in [5, 5.41) is 9.47. The lowest BCUT2D eigenvalue weighted by molar-refractivity contribution is -0.127. The van der Waals surface area contributed by atoms with Gasteiger partial charge in [-0.1, -0.05) is 35.0 Å². The van der Waals surface area contributed by atoms with E-state index in [0.717, 1.165) is 15.0 Å². The van der Waals surface area contributed by atoms with Crippen molar-refractivity contribution in [1.82, 2.24) is 20.5 Å². The van der Waals surface area contributed by atoms with E-state index in [-0.39, 0.29) is 42.3 Å². The van der Waals surface area contributed by atoms with Crippen molar-refractivity contribution in [3.8, 4) is 0 Å². The molecule has 1 amide bonds. The molecule has 0 aliphatic carbocycles. The number of nitrogens with zero attached hydrogens (tertiary/aromatic N) is 3. The zero-order chi connectivity index (χ0) is 18.9. The van der Waals surface area contributed by atoms with Crippen molar-refractivity contribution < 1.29 is 4.79 Å². The van der Waals surface area contributed by atoms with Gasteiger partial charge in [0, 0.05) is 42.6 Å². The second-order valence-electron chi connectivity index (χ2n) is 6.09. The van der Waals surface area contributed by atoms with Crippen LogP contribution in [0.5, 0.6) is 0 Å². The number of rotatable bonds is 7. The van der Waals surface area contributed by atoms with Gasteiger partial charge >= 0.3 is 0 Å². The third kappa shape index (κ3) is 8.56. The number of halogens is 2. The van der Waals surface area contributed by atoms with Crippen LogP contribution in [0.15, 0.2) is 45.3 Å². The summed E-state index contributed by atoms with van der Waals surface area (Å²) in [7, 11) is 3.47. The van der Waals surface area contributed by atoms with Crippen LogP contribution in [0.2, 0.25) is 0 Å². The van der Waals surface area contributed by atoms with Crippen molar-refractivity contribution in [2.24, 2.45) is 4.99 Å². The van der Waals surface area contributed by atoms with E-state index in [4.69, 9.17) is 0 Å². The molecule has 0 spiro atoms. The third-order valence-electron chi connectivity index (χ3n) is 3.69. The minimum absolute atomic E-state index is 0. The van der Waals surface area contributed by atoms with Gasteiger partial charge in [-0.3, -0.25) is 4.79 Å². The maximum atomic E-state index is 11.9. The Bertz CT molecular complexity index is 722. The summed E-state index contributed by atoms with van der Waals surface area (Å²) >= 11 is 5.07. The number of aliphatic imine (C=N–C) groups is 1. The molecule has 1 aromatic carbocycles. The number of carbonyl (C=O) groups excluding carboxylic acids is 1. The lowest BCUT2D eigenvalue weighted by atomic mass is 10.2. The summed E-state index contributed by atoms with van der Waals surface area (Å²) in [6.45, 7) is 3.54. The lowest BCUT2D eigenvalue weighted by Crippen LogP contribution is -2.43. The number of thiazole rings is 1. The third-order valence-corrected chi connectivity index (χ3v) is 5.22. The molecule has 6 nitrogen and oxygen atoms in total. The Balaban J connectivity index is 0.00000364. The molecule has 2 aromatic rings. The fourth-order valence-electron chi connectivity index (χ4n) is 2.07. The van der Waals surface area contributed by atoms with Crippen molar-refractivity contribution in [1.29, 1.82) is 0 Å². The first-order valence-electron chi connectivity index (χ1n) is 8.32. The second kappa shape index (κ2) is 12.3. The van der Waals surface area contributed by atoms with Gasteiger partial charge in [0.15, 0.2) is 5.96 Å². The molecule has 0 bridgehead atoms. The highest BCUT2D eigenvalue weighted by Gasteiger charge is 2.10. The quantitative estimate of drug-likeness (QED) is 0.306. The Morgan fingerprint density at radius 1 is 1.30 bits per heavy atom. The van der Waals surface area contributed by atoms with E-state index in [0.29, 0.717) is 19.0 Å². The average Bonchev–Trinajstić information content (AvgIpc) is 3.16. The van der Waals surface area contributed by atoms with E-state index in [2.05, 4.69) is 43.5 Å². The summed E-state index contributed by atoms with van der Waals surface area (Å²) in [6.07, 6.45) is 1.81. The van der Waals surface area contributed by atoms with Crippen LogP contribution in [-0.4, -0.2) is 48.9 Å². The number of hydrogen-bond donors (Lipinski definition) is 2. The Hall–Kier alpha value is -1.20. The largest absolute Gasteiger partial charge is 0.356 e. The second-order valence-corrected chi connectivity index (χ2v) is 7.93. The normalized spacial score (nSPS) is 12.1. The predicted molar refractivity (Wildman–Crippen MR) is 126 cm³/mol. The molecule has 1 unspecified atom stereocenters. The molecular weight excluding hydrogens is 541 g/mol. The number of nitrogens with one attached hydrogen (secondary N) is 2. The Morgan fingerprint density at radius 3 is 2.59 bits per heavy atom. The highest BCUT2D eigenvalue weighted by atomic mass is 127. The summed E-state index contributed by atoms with van der Waals surface area (Å²) in [4.78, 5) is 22.4. The number of guanidine groups is 1.